The maximum absolute atomic E-state index is 3.38. The Morgan fingerprint density at radius 3 is 1.29 bits per heavy atom. The second-order valence-electron chi connectivity index (χ2n) is 6.36. The van der Waals surface area contributed by atoms with Crippen LogP contribution in [-0.2, 0) is 0 Å². The Kier molecular flexibility index (Phi) is 4.09. The Hall–Kier alpha value is -2.70. The van der Waals surface area contributed by atoms with E-state index in [1.807, 2.05) is 13.8 Å². The van der Waals surface area contributed by atoms with Crippen LogP contribution >= 0.6 is 0 Å². The zero-order valence-electron chi connectivity index (χ0n) is 15.3. The van der Waals surface area contributed by atoms with E-state index >= 15 is 0 Å². The molecule has 0 aliphatic heterocycles. The summed E-state index contributed by atoms with van der Waals surface area (Å²) in [6.45, 7) is 12.5. The Morgan fingerprint density at radius 1 is 0.583 bits per heavy atom. The lowest BCUT2D eigenvalue weighted by Gasteiger charge is -2.17. The van der Waals surface area contributed by atoms with Gasteiger partial charge in [0.25, 0.3) is 0 Å². The van der Waals surface area contributed by atoms with Crippen molar-refractivity contribution in [3.05, 3.63) is 57.6 Å². The van der Waals surface area contributed by atoms with E-state index in [4.69, 9.17) is 0 Å². The van der Waals surface area contributed by atoms with E-state index in [2.05, 4.69) is 75.6 Å². The summed E-state index contributed by atoms with van der Waals surface area (Å²) < 4.78 is 0. The predicted octanol–water partition coefficient (Wildman–Crippen LogP) is 5.97. The molecule has 0 radical (unpaired) electrons. The third kappa shape index (κ3) is 2.28. The highest BCUT2D eigenvalue weighted by Crippen LogP contribution is 2.37. The van der Waals surface area contributed by atoms with Gasteiger partial charge in [-0.15, -0.1) is 11.8 Å². The molecule has 118 valence electrons. The van der Waals surface area contributed by atoms with Gasteiger partial charge in [0.2, 0.25) is 0 Å². The molecule has 0 aromatic heterocycles. The van der Waals surface area contributed by atoms with Gasteiger partial charge in [0.1, 0.15) is 0 Å². The minimum absolute atomic E-state index is 1.13. The molecule has 24 heavy (non-hydrogen) atoms. The van der Waals surface area contributed by atoms with Crippen molar-refractivity contribution in [3.8, 4) is 23.7 Å². The highest BCUT2D eigenvalue weighted by molar-refractivity contribution is 6.12. The number of hydrogen-bond donors (Lipinski definition) is 0. The summed E-state index contributed by atoms with van der Waals surface area (Å²) in [4.78, 5) is 0. The Bertz CT molecular complexity index is 1010. The van der Waals surface area contributed by atoms with Gasteiger partial charge in [-0.2, -0.15) is 0 Å². The maximum Gasteiger partial charge on any atom is 0.0405 e. The van der Waals surface area contributed by atoms with Gasteiger partial charge in [0.15, 0.2) is 0 Å². The van der Waals surface area contributed by atoms with Crippen LogP contribution in [0, 0.1) is 51.4 Å². The molecule has 0 unspecified atom stereocenters. The summed E-state index contributed by atoms with van der Waals surface area (Å²) in [6, 6.07) is 8.80. The Balaban J connectivity index is 2.78. The molecule has 0 aliphatic carbocycles. The SMILES string of the molecule is CC#Cc1c2ccc(C)c(C)c2c(C#CC)c2ccc(C)c(C)c12. The van der Waals surface area contributed by atoms with Gasteiger partial charge in [-0.25, -0.2) is 0 Å². The van der Waals surface area contributed by atoms with Gasteiger partial charge in [0.05, 0.1) is 0 Å². The molecule has 0 saturated carbocycles. The average molecular weight is 310 g/mol. The second-order valence-corrected chi connectivity index (χ2v) is 6.36. The lowest BCUT2D eigenvalue weighted by Crippen LogP contribution is -1.97. The molecular formula is C24H22. The molecule has 0 aliphatic rings. The van der Waals surface area contributed by atoms with E-state index in [-0.39, 0.29) is 0 Å². The smallest absolute Gasteiger partial charge is 0.0405 e. The van der Waals surface area contributed by atoms with E-state index in [0.717, 1.165) is 11.1 Å². The molecule has 3 rings (SSSR count). The van der Waals surface area contributed by atoms with Crippen LogP contribution in [0.25, 0.3) is 21.5 Å². The fraction of sp³-hybridized carbons (Fsp3) is 0.250. The van der Waals surface area contributed by atoms with Crippen molar-refractivity contribution in [2.45, 2.75) is 41.5 Å². The lowest BCUT2D eigenvalue weighted by molar-refractivity contribution is 1.36. The van der Waals surface area contributed by atoms with Crippen LogP contribution in [0.2, 0.25) is 0 Å². The van der Waals surface area contributed by atoms with Crippen LogP contribution in [0.3, 0.4) is 0 Å². The molecule has 0 nitrogen and oxygen atoms in total. The van der Waals surface area contributed by atoms with Gasteiger partial charge in [-0.1, -0.05) is 36.1 Å². The van der Waals surface area contributed by atoms with Crippen molar-refractivity contribution in [1.82, 2.24) is 0 Å². The van der Waals surface area contributed by atoms with Crippen molar-refractivity contribution >= 4 is 21.5 Å². The molecule has 0 N–H and O–H groups in total. The highest BCUT2D eigenvalue weighted by atomic mass is 14.2. The second kappa shape index (κ2) is 6.07. The number of benzene rings is 3. The summed E-state index contributed by atoms with van der Waals surface area (Å²) in [5.74, 6) is 13.0. The molecular weight excluding hydrogens is 288 g/mol. The normalized spacial score (nSPS) is 10.2. The minimum Gasteiger partial charge on any atom is -0.101 e. The summed E-state index contributed by atoms with van der Waals surface area (Å²) >= 11 is 0. The van der Waals surface area contributed by atoms with Gasteiger partial charge < -0.3 is 0 Å². The van der Waals surface area contributed by atoms with Crippen molar-refractivity contribution in [2.24, 2.45) is 0 Å². The Morgan fingerprint density at radius 2 is 0.958 bits per heavy atom. The largest absolute Gasteiger partial charge is 0.101 e. The zero-order chi connectivity index (χ0) is 17.4. The first kappa shape index (κ1) is 16.2. The minimum atomic E-state index is 1.13. The number of fused-ring (bicyclic) bond motifs is 2. The van der Waals surface area contributed by atoms with Gasteiger partial charge in [0, 0.05) is 21.9 Å². The van der Waals surface area contributed by atoms with Crippen molar-refractivity contribution in [2.75, 3.05) is 0 Å². The number of hydrogen-bond acceptors (Lipinski definition) is 0. The van der Waals surface area contributed by atoms with E-state index in [0.29, 0.717) is 0 Å². The highest BCUT2D eigenvalue weighted by Gasteiger charge is 2.16. The lowest BCUT2D eigenvalue weighted by atomic mass is 9.86. The predicted molar refractivity (Wildman–Crippen MR) is 106 cm³/mol. The third-order valence-corrected chi connectivity index (χ3v) is 5.01. The molecule has 0 atom stereocenters. The molecule has 3 aromatic rings. The average Bonchev–Trinajstić information content (AvgIpc) is 2.56. The van der Waals surface area contributed by atoms with Gasteiger partial charge in [-0.05, 0) is 74.6 Å². The molecule has 3 aromatic carbocycles. The summed E-state index contributed by atoms with van der Waals surface area (Å²) in [7, 11) is 0. The number of aryl methyl sites for hydroxylation is 4. The molecule has 0 bridgehead atoms. The first-order valence-electron chi connectivity index (χ1n) is 8.32. The molecule has 0 fully saturated rings. The molecule has 0 spiro atoms. The summed E-state index contributed by atoms with van der Waals surface area (Å²) in [5.41, 5.74) is 7.44. The van der Waals surface area contributed by atoms with Crippen molar-refractivity contribution in [3.63, 3.8) is 0 Å². The summed E-state index contributed by atoms with van der Waals surface area (Å²) in [5, 5.41) is 4.92. The van der Waals surface area contributed by atoms with E-state index < -0.39 is 0 Å². The topological polar surface area (TPSA) is 0 Å². The quantitative estimate of drug-likeness (QED) is 0.354. The fourth-order valence-electron chi connectivity index (χ4n) is 3.47. The molecule has 0 heteroatoms. The molecule has 0 amide bonds. The van der Waals surface area contributed by atoms with E-state index in [1.54, 1.807) is 0 Å². The van der Waals surface area contributed by atoms with Crippen LogP contribution in [0.15, 0.2) is 24.3 Å². The van der Waals surface area contributed by atoms with Crippen LogP contribution in [0.1, 0.15) is 47.2 Å². The standard InChI is InChI=1S/C24H22/c1-7-9-19-21-13-11-16(4)18(6)24(21)20(10-8-2)22-14-12-15(3)17(5)23(19)22/h11-14H,1-6H3. The van der Waals surface area contributed by atoms with Crippen LogP contribution < -0.4 is 0 Å². The monoisotopic (exact) mass is 310 g/mol. The Labute approximate surface area is 144 Å². The van der Waals surface area contributed by atoms with E-state index in [9.17, 15) is 0 Å². The number of rotatable bonds is 0. The molecule has 0 saturated heterocycles. The zero-order valence-corrected chi connectivity index (χ0v) is 15.3. The van der Waals surface area contributed by atoms with Gasteiger partial charge >= 0.3 is 0 Å². The van der Waals surface area contributed by atoms with E-state index in [1.165, 1.54) is 43.8 Å². The van der Waals surface area contributed by atoms with Crippen LogP contribution in [-0.4, -0.2) is 0 Å². The third-order valence-electron chi connectivity index (χ3n) is 5.01. The van der Waals surface area contributed by atoms with Gasteiger partial charge in [-0.3, -0.25) is 0 Å². The fourth-order valence-corrected chi connectivity index (χ4v) is 3.47. The first-order chi connectivity index (χ1) is 11.5. The summed E-state index contributed by atoms with van der Waals surface area (Å²) in [6.07, 6.45) is 0. The van der Waals surface area contributed by atoms with Crippen LogP contribution in [0.4, 0.5) is 0 Å². The maximum atomic E-state index is 3.38. The van der Waals surface area contributed by atoms with Crippen molar-refractivity contribution in [1.29, 1.82) is 0 Å². The van der Waals surface area contributed by atoms with Crippen molar-refractivity contribution < 1.29 is 0 Å². The molecule has 0 heterocycles. The van der Waals surface area contributed by atoms with Crippen LogP contribution in [0.5, 0.6) is 0 Å². The first-order valence-corrected chi connectivity index (χ1v) is 8.32.